The lowest BCUT2D eigenvalue weighted by Gasteiger charge is -2.32. The van der Waals surface area contributed by atoms with E-state index >= 15 is 0 Å². The summed E-state index contributed by atoms with van der Waals surface area (Å²) in [6, 6.07) is 25.8. The van der Waals surface area contributed by atoms with Crippen molar-refractivity contribution in [1.29, 1.82) is 0 Å². The van der Waals surface area contributed by atoms with E-state index in [9.17, 15) is 18.0 Å². The molecule has 1 fully saturated rings. The summed E-state index contributed by atoms with van der Waals surface area (Å²) >= 11 is 6.11. The third-order valence-corrected chi connectivity index (χ3v) is 9.00. The molecule has 222 valence electrons. The highest BCUT2D eigenvalue weighted by Crippen LogP contribution is 2.26. The van der Waals surface area contributed by atoms with E-state index in [4.69, 9.17) is 11.6 Å². The molecule has 5 rings (SSSR count). The Morgan fingerprint density at radius 2 is 1.58 bits per heavy atom. The van der Waals surface area contributed by atoms with Crippen molar-refractivity contribution in [3.63, 3.8) is 0 Å². The second-order valence-corrected chi connectivity index (χ2v) is 12.7. The molecule has 1 aliphatic rings. The average Bonchev–Trinajstić information content (AvgIpc) is 3.84. The van der Waals surface area contributed by atoms with Crippen LogP contribution in [-0.4, -0.2) is 36.2 Å². The Balaban J connectivity index is 1.37. The van der Waals surface area contributed by atoms with Crippen LogP contribution in [0.5, 0.6) is 0 Å². The second-order valence-electron chi connectivity index (χ2n) is 10.6. The smallest absolute Gasteiger partial charge is 0.247 e. The van der Waals surface area contributed by atoms with E-state index in [2.05, 4.69) is 15.0 Å². The van der Waals surface area contributed by atoms with E-state index in [1.807, 2.05) is 48.5 Å². The van der Waals surface area contributed by atoms with E-state index < -0.39 is 16.1 Å². The first-order chi connectivity index (χ1) is 20.8. The molecule has 1 aromatic heterocycles. The van der Waals surface area contributed by atoms with Crippen LogP contribution in [0, 0.1) is 0 Å². The van der Waals surface area contributed by atoms with E-state index in [1.165, 1.54) is 0 Å². The number of carbonyl (C=O) groups excluding carboxylic acids is 2. The molecular formula is C33H33ClN4O4S. The van der Waals surface area contributed by atoms with Crippen LogP contribution in [0.25, 0.3) is 0 Å². The van der Waals surface area contributed by atoms with Gasteiger partial charge in [0.2, 0.25) is 21.8 Å². The number of nitrogens with one attached hydrogen (secondary N) is 2. The molecular weight excluding hydrogens is 584 g/mol. The summed E-state index contributed by atoms with van der Waals surface area (Å²) in [7, 11) is -3.56. The Morgan fingerprint density at radius 1 is 0.884 bits per heavy atom. The maximum atomic E-state index is 13.9. The van der Waals surface area contributed by atoms with Gasteiger partial charge in [-0.3, -0.25) is 14.6 Å². The largest absolute Gasteiger partial charge is 0.350 e. The summed E-state index contributed by atoms with van der Waals surface area (Å²) in [4.78, 5) is 33.6. The van der Waals surface area contributed by atoms with Gasteiger partial charge >= 0.3 is 0 Å². The first-order valence-electron chi connectivity index (χ1n) is 14.2. The molecule has 0 saturated heterocycles. The van der Waals surface area contributed by atoms with Crippen molar-refractivity contribution >= 4 is 33.4 Å². The van der Waals surface area contributed by atoms with Crippen LogP contribution in [0.2, 0.25) is 5.02 Å². The molecule has 0 spiro atoms. The van der Waals surface area contributed by atoms with Gasteiger partial charge in [0.25, 0.3) is 0 Å². The highest BCUT2D eigenvalue weighted by Gasteiger charge is 2.31. The van der Waals surface area contributed by atoms with Crippen LogP contribution in [-0.2, 0) is 39.1 Å². The monoisotopic (exact) mass is 616 g/mol. The lowest BCUT2D eigenvalue weighted by atomic mass is 10.0. The topological polar surface area (TPSA) is 108 Å². The lowest BCUT2D eigenvalue weighted by molar-refractivity contribution is -0.141. The molecule has 2 N–H and O–H groups in total. The zero-order valence-corrected chi connectivity index (χ0v) is 25.1. The summed E-state index contributed by atoms with van der Waals surface area (Å²) in [5, 5.41) is 3.56. The Bertz CT molecular complexity index is 1630. The lowest BCUT2D eigenvalue weighted by Crippen LogP contribution is -2.43. The number of hydrogen-bond acceptors (Lipinski definition) is 5. The van der Waals surface area contributed by atoms with E-state index in [0.29, 0.717) is 17.0 Å². The van der Waals surface area contributed by atoms with Gasteiger partial charge < -0.3 is 10.2 Å². The molecule has 43 heavy (non-hydrogen) atoms. The number of halogens is 1. The molecule has 1 aliphatic carbocycles. The zero-order valence-electron chi connectivity index (χ0n) is 23.5. The van der Waals surface area contributed by atoms with Crippen LogP contribution in [0.3, 0.4) is 0 Å². The van der Waals surface area contributed by atoms with Crippen molar-refractivity contribution in [2.24, 2.45) is 0 Å². The molecule has 8 nitrogen and oxygen atoms in total. The number of aryl methyl sites for hydroxylation is 1. The van der Waals surface area contributed by atoms with E-state index in [1.54, 1.807) is 59.8 Å². The van der Waals surface area contributed by atoms with E-state index in [0.717, 1.165) is 29.5 Å². The molecule has 3 aromatic carbocycles. The van der Waals surface area contributed by atoms with Gasteiger partial charge in [0.15, 0.2) is 0 Å². The molecule has 0 radical (unpaired) electrons. The normalized spacial score (nSPS) is 13.7. The molecule has 10 heteroatoms. The molecule has 1 saturated carbocycles. The molecule has 0 bridgehead atoms. The van der Waals surface area contributed by atoms with Crippen molar-refractivity contribution in [2.75, 3.05) is 0 Å². The number of rotatable bonds is 13. The SMILES string of the molecule is O=C(NCc1cccnc1)[C@H](c1ccccc1)N(Cc1ccc(Cl)cc1)C(=O)CCc1ccc(S(=O)(=O)NC2CC2)cc1. The van der Waals surface area contributed by atoms with Gasteiger partial charge in [0.05, 0.1) is 4.90 Å². The fourth-order valence-corrected chi connectivity index (χ4v) is 6.16. The van der Waals surface area contributed by atoms with Crippen molar-refractivity contribution in [3.05, 3.63) is 131 Å². The van der Waals surface area contributed by atoms with Crippen molar-refractivity contribution in [3.8, 4) is 0 Å². The van der Waals surface area contributed by atoms with Gasteiger partial charge in [0, 0.05) is 43.0 Å². The number of sulfonamides is 1. The second kappa shape index (κ2) is 13.9. The minimum Gasteiger partial charge on any atom is -0.350 e. The molecule has 2 amide bonds. The number of pyridine rings is 1. The maximum absolute atomic E-state index is 13.9. The summed E-state index contributed by atoms with van der Waals surface area (Å²) in [6.45, 7) is 0.462. The predicted molar refractivity (Wildman–Crippen MR) is 165 cm³/mol. The summed E-state index contributed by atoms with van der Waals surface area (Å²) < 4.78 is 27.8. The van der Waals surface area contributed by atoms with Crippen molar-refractivity contribution in [1.82, 2.24) is 19.9 Å². The van der Waals surface area contributed by atoms with Gasteiger partial charge in [-0.05, 0) is 71.8 Å². The van der Waals surface area contributed by atoms with Crippen LogP contribution in [0.4, 0.5) is 0 Å². The molecule has 0 aliphatic heterocycles. The third kappa shape index (κ3) is 8.50. The average molecular weight is 617 g/mol. The van der Waals surface area contributed by atoms with E-state index in [-0.39, 0.29) is 42.3 Å². The highest BCUT2D eigenvalue weighted by molar-refractivity contribution is 7.89. The zero-order chi connectivity index (χ0) is 30.2. The highest BCUT2D eigenvalue weighted by atomic mass is 35.5. The number of carbonyl (C=O) groups is 2. The van der Waals surface area contributed by atoms with Gasteiger partial charge in [-0.1, -0.05) is 72.3 Å². The van der Waals surface area contributed by atoms with Crippen LogP contribution < -0.4 is 10.0 Å². The van der Waals surface area contributed by atoms with Gasteiger partial charge in [0.1, 0.15) is 6.04 Å². The van der Waals surface area contributed by atoms with Crippen molar-refractivity contribution in [2.45, 2.75) is 55.8 Å². The molecule has 4 aromatic rings. The Hall–Kier alpha value is -4.05. The molecule has 1 heterocycles. The number of benzene rings is 3. The molecule has 0 unspecified atom stereocenters. The van der Waals surface area contributed by atoms with Gasteiger partial charge in [-0.15, -0.1) is 0 Å². The number of aromatic nitrogens is 1. The fourth-order valence-electron chi connectivity index (χ4n) is 4.73. The first-order valence-corrected chi connectivity index (χ1v) is 16.0. The van der Waals surface area contributed by atoms with Crippen LogP contribution >= 0.6 is 11.6 Å². The van der Waals surface area contributed by atoms with Crippen LogP contribution in [0.15, 0.2) is 108 Å². The van der Waals surface area contributed by atoms with Crippen LogP contribution in [0.1, 0.15) is 47.6 Å². The minimum absolute atomic E-state index is 0.0213. The number of amides is 2. The number of nitrogens with zero attached hydrogens (tertiary/aromatic N) is 2. The third-order valence-electron chi connectivity index (χ3n) is 7.21. The number of hydrogen-bond donors (Lipinski definition) is 2. The Morgan fingerprint density at radius 3 is 2.23 bits per heavy atom. The van der Waals surface area contributed by atoms with Crippen molar-refractivity contribution < 1.29 is 18.0 Å². The summed E-state index contributed by atoms with van der Waals surface area (Å²) in [6.07, 6.45) is 5.58. The first kappa shape index (κ1) is 30.4. The Kier molecular flexibility index (Phi) is 9.86. The van der Waals surface area contributed by atoms with Gasteiger partial charge in [-0.2, -0.15) is 0 Å². The quantitative estimate of drug-likeness (QED) is 0.215. The molecule has 1 atom stereocenters. The Labute approximate surface area is 257 Å². The standard InChI is InChI=1S/C33H33ClN4O4S/c34-28-13-8-25(9-14-28)23-38(31(39)19-12-24-10-17-30(18-11-24)43(41,42)37-29-15-16-29)32(27-6-2-1-3-7-27)33(40)36-22-26-5-4-20-35-21-26/h1-11,13-14,17-18,20-21,29,32,37H,12,15-16,19,22-23H2,(H,36,40)/t32-/m0/s1. The fraction of sp³-hybridized carbons (Fsp3) is 0.242. The predicted octanol–water partition coefficient (Wildman–Crippen LogP) is 5.19. The minimum atomic E-state index is -3.56. The maximum Gasteiger partial charge on any atom is 0.247 e. The van der Waals surface area contributed by atoms with Gasteiger partial charge in [-0.25, -0.2) is 13.1 Å². The summed E-state index contributed by atoms with van der Waals surface area (Å²) in [5.74, 6) is -0.525. The summed E-state index contributed by atoms with van der Waals surface area (Å²) in [5.41, 5.74) is 3.18.